The Hall–Kier alpha value is -1.22. The molecular formula is C11H12ClO3. The van der Waals surface area contributed by atoms with E-state index < -0.39 is 11.8 Å². The minimum atomic E-state index is -0.752. The van der Waals surface area contributed by atoms with Crippen LogP contribution in [0.2, 0.25) is 5.02 Å². The van der Waals surface area contributed by atoms with Crippen LogP contribution in [0.1, 0.15) is 20.8 Å². The van der Waals surface area contributed by atoms with Crippen LogP contribution < -0.4 is 4.74 Å². The summed E-state index contributed by atoms with van der Waals surface area (Å²) < 4.78 is 9.86. The maximum Gasteiger partial charge on any atom is 0.514 e. The third-order valence-corrected chi connectivity index (χ3v) is 1.54. The lowest BCUT2D eigenvalue weighted by molar-refractivity contribution is 0.0206. The first-order chi connectivity index (χ1) is 6.87. The van der Waals surface area contributed by atoms with Gasteiger partial charge in [0.15, 0.2) is 0 Å². The third kappa shape index (κ3) is 4.70. The molecule has 0 atom stereocenters. The summed E-state index contributed by atoms with van der Waals surface area (Å²) in [6, 6.07) is 7.33. The van der Waals surface area contributed by atoms with E-state index in [1.165, 1.54) is 12.1 Å². The minimum absolute atomic E-state index is 0.316. The Morgan fingerprint density at radius 1 is 1.40 bits per heavy atom. The number of hydrogen-bond acceptors (Lipinski definition) is 3. The minimum Gasteiger partial charge on any atom is -0.428 e. The molecule has 0 fully saturated rings. The molecule has 0 aliphatic carbocycles. The van der Waals surface area contributed by atoms with Crippen molar-refractivity contribution in [2.24, 2.45) is 0 Å². The predicted octanol–water partition coefficient (Wildman–Crippen LogP) is 3.45. The second kappa shape index (κ2) is 4.53. The van der Waals surface area contributed by atoms with E-state index in [9.17, 15) is 4.79 Å². The van der Waals surface area contributed by atoms with E-state index in [1.807, 2.05) is 0 Å². The average molecular weight is 228 g/mol. The van der Waals surface area contributed by atoms with E-state index in [1.54, 1.807) is 26.8 Å². The van der Waals surface area contributed by atoms with Crippen molar-refractivity contribution in [3.05, 3.63) is 29.3 Å². The van der Waals surface area contributed by atoms with Crippen LogP contribution >= 0.6 is 11.6 Å². The van der Waals surface area contributed by atoms with Gasteiger partial charge in [-0.15, -0.1) is 0 Å². The third-order valence-electron chi connectivity index (χ3n) is 1.32. The van der Waals surface area contributed by atoms with Crippen molar-refractivity contribution in [2.45, 2.75) is 26.4 Å². The molecule has 15 heavy (non-hydrogen) atoms. The van der Waals surface area contributed by atoms with Crippen LogP contribution in [0.25, 0.3) is 0 Å². The molecule has 0 unspecified atom stereocenters. The molecular weight excluding hydrogens is 216 g/mol. The highest BCUT2D eigenvalue weighted by atomic mass is 35.5. The van der Waals surface area contributed by atoms with Gasteiger partial charge in [-0.1, -0.05) is 11.6 Å². The van der Waals surface area contributed by atoms with Crippen molar-refractivity contribution in [1.82, 2.24) is 0 Å². The number of halogens is 1. The first-order valence-electron chi connectivity index (χ1n) is 4.44. The van der Waals surface area contributed by atoms with E-state index in [2.05, 4.69) is 6.07 Å². The molecule has 1 aromatic carbocycles. The van der Waals surface area contributed by atoms with Gasteiger partial charge in [-0.2, -0.15) is 0 Å². The number of carbonyl (C=O) groups excluding carboxylic acids is 1. The fraction of sp³-hybridized carbons (Fsp3) is 0.364. The van der Waals surface area contributed by atoms with Gasteiger partial charge in [0.2, 0.25) is 0 Å². The molecule has 4 heteroatoms. The van der Waals surface area contributed by atoms with Gasteiger partial charge in [-0.25, -0.2) is 4.79 Å². The van der Waals surface area contributed by atoms with Crippen molar-refractivity contribution in [2.75, 3.05) is 0 Å². The normalized spacial score (nSPS) is 10.9. The van der Waals surface area contributed by atoms with Gasteiger partial charge in [0.25, 0.3) is 0 Å². The SMILES string of the molecule is CC(C)(C)OC(=O)Oc1c[c]cc(Cl)c1. The monoisotopic (exact) mass is 227 g/mol. The zero-order chi connectivity index (χ0) is 11.5. The summed E-state index contributed by atoms with van der Waals surface area (Å²) in [6.45, 7) is 5.29. The number of hydrogen-bond donors (Lipinski definition) is 0. The lowest BCUT2D eigenvalue weighted by Gasteiger charge is -2.18. The zero-order valence-electron chi connectivity index (χ0n) is 8.83. The highest BCUT2D eigenvalue weighted by Gasteiger charge is 2.17. The Bertz CT molecular complexity index is 355. The van der Waals surface area contributed by atoms with Crippen LogP contribution in [-0.2, 0) is 4.74 Å². The van der Waals surface area contributed by atoms with Gasteiger partial charge in [0.1, 0.15) is 11.4 Å². The van der Waals surface area contributed by atoms with Gasteiger partial charge in [-0.3, -0.25) is 0 Å². The molecule has 0 aliphatic rings. The summed E-state index contributed by atoms with van der Waals surface area (Å²) in [7, 11) is 0. The lowest BCUT2D eigenvalue weighted by atomic mass is 10.2. The maximum absolute atomic E-state index is 11.2. The Morgan fingerprint density at radius 3 is 2.60 bits per heavy atom. The first kappa shape index (κ1) is 11.9. The average Bonchev–Trinajstić information content (AvgIpc) is 1.99. The Balaban J connectivity index is 2.59. The van der Waals surface area contributed by atoms with Crippen LogP contribution in [0, 0.1) is 6.07 Å². The molecule has 1 aromatic rings. The van der Waals surface area contributed by atoms with E-state index in [0.717, 1.165) is 0 Å². The standard InChI is InChI=1S/C11H12ClO3/c1-11(2,3)15-10(13)14-9-6-4-5-8(12)7-9/h5-7H,1-3H3. The Kier molecular flexibility index (Phi) is 3.58. The number of benzene rings is 1. The van der Waals surface area contributed by atoms with Crippen LogP contribution in [-0.4, -0.2) is 11.8 Å². The van der Waals surface area contributed by atoms with E-state index in [-0.39, 0.29) is 0 Å². The molecule has 0 saturated carbocycles. The van der Waals surface area contributed by atoms with Crippen LogP contribution in [0.15, 0.2) is 18.2 Å². The van der Waals surface area contributed by atoms with Gasteiger partial charge < -0.3 is 9.47 Å². The summed E-state index contributed by atoms with van der Waals surface area (Å²) in [6.07, 6.45) is -0.752. The van der Waals surface area contributed by atoms with Crippen molar-refractivity contribution < 1.29 is 14.3 Å². The van der Waals surface area contributed by atoms with Gasteiger partial charge >= 0.3 is 6.16 Å². The summed E-state index contributed by atoms with van der Waals surface area (Å²) in [5, 5.41) is 0.455. The van der Waals surface area contributed by atoms with Gasteiger partial charge in [0, 0.05) is 5.02 Å². The molecule has 0 aliphatic heterocycles. The number of carbonyl (C=O) groups is 1. The van der Waals surface area contributed by atoms with Crippen molar-refractivity contribution in [3.63, 3.8) is 0 Å². The molecule has 3 nitrogen and oxygen atoms in total. The van der Waals surface area contributed by atoms with Gasteiger partial charge in [-0.05, 0) is 45.0 Å². The van der Waals surface area contributed by atoms with E-state index in [0.29, 0.717) is 10.8 Å². The maximum atomic E-state index is 11.2. The van der Waals surface area contributed by atoms with E-state index in [4.69, 9.17) is 21.1 Å². The molecule has 0 aromatic heterocycles. The topological polar surface area (TPSA) is 35.5 Å². The van der Waals surface area contributed by atoms with Crippen LogP contribution in [0.3, 0.4) is 0 Å². The van der Waals surface area contributed by atoms with E-state index >= 15 is 0 Å². The predicted molar refractivity (Wildman–Crippen MR) is 57.2 cm³/mol. The Labute approximate surface area is 93.9 Å². The summed E-state index contributed by atoms with van der Waals surface area (Å²) in [5.41, 5.74) is -0.570. The molecule has 0 amide bonds. The Morgan fingerprint density at radius 2 is 2.07 bits per heavy atom. The number of rotatable bonds is 1. The summed E-state index contributed by atoms with van der Waals surface area (Å²) in [5.74, 6) is 0.316. The van der Waals surface area contributed by atoms with Crippen molar-refractivity contribution in [1.29, 1.82) is 0 Å². The van der Waals surface area contributed by atoms with Crippen molar-refractivity contribution >= 4 is 17.8 Å². The fourth-order valence-corrected chi connectivity index (χ4v) is 1.02. The molecule has 81 valence electrons. The number of ether oxygens (including phenoxy) is 2. The highest BCUT2D eigenvalue weighted by molar-refractivity contribution is 6.30. The molecule has 1 rings (SSSR count). The molecule has 0 spiro atoms. The first-order valence-corrected chi connectivity index (χ1v) is 4.82. The van der Waals surface area contributed by atoms with Gasteiger partial charge in [0.05, 0.1) is 0 Å². The fourth-order valence-electron chi connectivity index (χ4n) is 0.849. The largest absolute Gasteiger partial charge is 0.514 e. The lowest BCUT2D eigenvalue weighted by Crippen LogP contribution is -2.25. The summed E-state index contributed by atoms with van der Waals surface area (Å²) >= 11 is 5.70. The second-order valence-corrected chi connectivity index (χ2v) is 4.39. The smallest absolute Gasteiger partial charge is 0.428 e. The van der Waals surface area contributed by atoms with Crippen LogP contribution in [0.5, 0.6) is 5.75 Å². The van der Waals surface area contributed by atoms with Crippen LogP contribution in [0.4, 0.5) is 4.79 Å². The zero-order valence-corrected chi connectivity index (χ0v) is 9.59. The highest BCUT2D eigenvalue weighted by Crippen LogP contribution is 2.18. The molecule has 0 saturated heterocycles. The molecule has 0 heterocycles. The molecule has 0 bridgehead atoms. The molecule has 1 radical (unpaired) electrons. The quantitative estimate of drug-likeness (QED) is 0.545. The molecule has 0 N–H and O–H groups in total. The second-order valence-electron chi connectivity index (χ2n) is 3.95. The summed E-state index contributed by atoms with van der Waals surface area (Å²) in [4.78, 5) is 11.2. The van der Waals surface area contributed by atoms with Crippen molar-refractivity contribution in [3.8, 4) is 5.75 Å².